The fraction of sp³-hybridized carbons (Fsp3) is 0.455. The second-order valence-electron chi connectivity index (χ2n) is 8.24. The predicted molar refractivity (Wildman–Crippen MR) is 121 cm³/mol. The zero-order valence-corrected chi connectivity index (χ0v) is 19.4. The second-order valence-corrected chi connectivity index (χ2v) is 12.6. The summed E-state index contributed by atoms with van der Waals surface area (Å²) in [6, 6.07) is 13.9. The number of benzene rings is 2. The summed E-state index contributed by atoms with van der Waals surface area (Å²) in [4.78, 5) is 4.42. The first-order valence-electron chi connectivity index (χ1n) is 10.3. The van der Waals surface area contributed by atoms with Crippen LogP contribution in [0.5, 0.6) is 5.75 Å². The fourth-order valence-corrected chi connectivity index (χ4v) is 9.35. The minimum absolute atomic E-state index is 0.114. The van der Waals surface area contributed by atoms with Crippen LogP contribution in [0.1, 0.15) is 5.56 Å². The molecule has 2 aromatic rings. The zero-order chi connectivity index (χ0) is 22.2. The molecule has 0 unspecified atom stereocenters. The van der Waals surface area contributed by atoms with E-state index in [1.165, 1.54) is 0 Å². The van der Waals surface area contributed by atoms with Gasteiger partial charge in [-0.25, -0.2) is 16.8 Å². The summed E-state index contributed by atoms with van der Waals surface area (Å²) in [5.74, 6) is 0.358. The number of rotatable bonds is 5. The van der Waals surface area contributed by atoms with Crippen LogP contribution in [0.15, 0.2) is 53.4 Å². The molecule has 4 rings (SSSR count). The predicted octanol–water partition coefficient (Wildman–Crippen LogP) is 1.77. The average Bonchev–Trinajstić information content (AvgIpc) is 3.10. The molecule has 2 aromatic carbocycles. The molecule has 0 aromatic heterocycles. The third-order valence-electron chi connectivity index (χ3n) is 6.23. The van der Waals surface area contributed by atoms with E-state index in [0.29, 0.717) is 26.2 Å². The lowest BCUT2D eigenvalue weighted by atomic mass is 10.1. The molecule has 0 radical (unpaired) electrons. The Morgan fingerprint density at radius 3 is 2.23 bits per heavy atom. The molecule has 168 valence electrons. The van der Waals surface area contributed by atoms with Gasteiger partial charge in [0.25, 0.3) is 0 Å². The number of para-hydroxylation sites is 2. The Bertz CT molecular complexity index is 1140. The summed E-state index contributed by atoms with van der Waals surface area (Å²) in [6.07, 6.45) is 0. The van der Waals surface area contributed by atoms with Gasteiger partial charge in [-0.05, 0) is 31.2 Å². The van der Waals surface area contributed by atoms with Crippen LogP contribution in [0.2, 0.25) is 0 Å². The minimum Gasteiger partial charge on any atom is -0.495 e. The van der Waals surface area contributed by atoms with Crippen LogP contribution in [0.3, 0.4) is 0 Å². The molecule has 2 aliphatic heterocycles. The largest absolute Gasteiger partial charge is 0.495 e. The number of hydrogen-bond acceptors (Lipinski definition) is 7. The molecule has 0 bridgehead atoms. The van der Waals surface area contributed by atoms with Crippen LogP contribution in [0.25, 0.3) is 0 Å². The highest BCUT2D eigenvalue weighted by Gasteiger charge is 2.48. The molecule has 9 heteroatoms. The molecule has 0 N–H and O–H groups in total. The molecule has 2 aliphatic rings. The number of aryl methyl sites for hydroxylation is 1. The van der Waals surface area contributed by atoms with Gasteiger partial charge in [0.05, 0.1) is 34.4 Å². The van der Waals surface area contributed by atoms with Crippen molar-refractivity contribution in [2.45, 2.75) is 23.1 Å². The van der Waals surface area contributed by atoms with E-state index in [4.69, 9.17) is 4.74 Å². The molecule has 2 saturated heterocycles. The first-order valence-corrected chi connectivity index (χ1v) is 13.7. The van der Waals surface area contributed by atoms with Crippen LogP contribution in [0.4, 0.5) is 5.69 Å². The lowest BCUT2D eigenvalue weighted by Crippen LogP contribution is -2.55. The molecule has 7 nitrogen and oxygen atoms in total. The van der Waals surface area contributed by atoms with Gasteiger partial charge in [0.15, 0.2) is 19.7 Å². The summed E-state index contributed by atoms with van der Waals surface area (Å²) < 4.78 is 57.1. The topological polar surface area (TPSA) is 84.0 Å². The lowest BCUT2D eigenvalue weighted by Gasteiger charge is -2.40. The highest BCUT2D eigenvalue weighted by atomic mass is 32.2. The SMILES string of the molecule is COc1ccccc1N1CCN([C@@H]2CS(=O)(=O)C[C@H]2S(=O)(=O)c2ccc(C)cc2)CC1. The molecule has 0 saturated carbocycles. The smallest absolute Gasteiger partial charge is 0.183 e. The number of nitrogens with zero attached hydrogens (tertiary/aromatic N) is 2. The van der Waals surface area contributed by atoms with Gasteiger partial charge in [-0.15, -0.1) is 0 Å². The van der Waals surface area contributed by atoms with E-state index in [0.717, 1.165) is 17.0 Å². The van der Waals surface area contributed by atoms with Crippen molar-refractivity contribution >= 4 is 25.4 Å². The van der Waals surface area contributed by atoms with Crippen molar-refractivity contribution in [3.8, 4) is 5.75 Å². The van der Waals surface area contributed by atoms with Crippen molar-refractivity contribution in [2.75, 3.05) is 49.7 Å². The fourth-order valence-electron chi connectivity index (χ4n) is 4.52. The first-order chi connectivity index (χ1) is 14.7. The van der Waals surface area contributed by atoms with Crippen LogP contribution < -0.4 is 9.64 Å². The molecule has 0 spiro atoms. The first kappa shape index (κ1) is 22.1. The summed E-state index contributed by atoms with van der Waals surface area (Å²) in [7, 11) is -5.54. The van der Waals surface area contributed by atoms with Gasteiger partial charge in [-0.1, -0.05) is 29.8 Å². The van der Waals surface area contributed by atoms with Crippen LogP contribution in [-0.2, 0) is 19.7 Å². The number of anilines is 1. The van der Waals surface area contributed by atoms with E-state index in [-0.39, 0.29) is 16.4 Å². The molecule has 2 atom stereocenters. The van der Waals surface area contributed by atoms with Crippen molar-refractivity contribution in [3.63, 3.8) is 0 Å². The van der Waals surface area contributed by atoms with E-state index in [9.17, 15) is 16.8 Å². The maximum Gasteiger partial charge on any atom is 0.183 e. The zero-order valence-electron chi connectivity index (χ0n) is 17.8. The molecule has 2 heterocycles. The Hall–Kier alpha value is -2.10. The lowest BCUT2D eigenvalue weighted by molar-refractivity contribution is 0.201. The van der Waals surface area contributed by atoms with E-state index < -0.39 is 31.0 Å². The molecular formula is C22H28N2O5S2. The maximum absolute atomic E-state index is 13.3. The number of piperazine rings is 1. The summed E-state index contributed by atoms with van der Waals surface area (Å²) in [6.45, 7) is 4.43. The van der Waals surface area contributed by atoms with Crippen molar-refractivity contribution in [1.29, 1.82) is 0 Å². The number of methoxy groups -OCH3 is 1. The second kappa shape index (κ2) is 8.44. The Morgan fingerprint density at radius 1 is 0.935 bits per heavy atom. The molecule has 2 fully saturated rings. The van der Waals surface area contributed by atoms with Gasteiger partial charge in [0.2, 0.25) is 0 Å². The Morgan fingerprint density at radius 2 is 1.58 bits per heavy atom. The van der Waals surface area contributed by atoms with Crippen LogP contribution >= 0.6 is 0 Å². The van der Waals surface area contributed by atoms with Gasteiger partial charge in [0.1, 0.15) is 5.75 Å². The Kier molecular flexibility index (Phi) is 6.02. The Labute approximate surface area is 184 Å². The molecule has 31 heavy (non-hydrogen) atoms. The monoisotopic (exact) mass is 464 g/mol. The van der Waals surface area contributed by atoms with Crippen molar-refractivity contribution in [3.05, 3.63) is 54.1 Å². The number of sulfone groups is 2. The quantitative estimate of drug-likeness (QED) is 0.667. The van der Waals surface area contributed by atoms with E-state index in [2.05, 4.69) is 4.90 Å². The standard InChI is InChI=1S/C22H28N2O5S2/c1-17-7-9-18(10-8-17)31(27,28)22-16-30(25,26)15-20(22)24-13-11-23(12-14-24)19-5-3-4-6-21(19)29-2/h3-10,20,22H,11-16H2,1-2H3/t20-,22-/m1/s1. The van der Waals surface area contributed by atoms with Crippen molar-refractivity contribution < 1.29 is 21.6 Å². The van der Waals surface area contributed by atoms with Gasteiger partial charge in [0, 0.05) is 32.2 Å². The number of hydrogen-bond donors (Lipinski definition) is 0. The van der Waals surface area contributed by atoms with Gasteiger partial charge in [-0.2, -0.15) is 0 Å². The van der Waals surface area contributed by atoms with E-state index in [1.54, 1.807) is 31.4 Å². The summed E-state index contributed by atoms with van der Waals surface area (Å²) >= 11 is 0. The molecule has 0 amide bonds. The third kappa shape index (κ3) is 4.44. The van der Waals surface area contributed by atoms with Crippen molar-refractivity contribution in [1.82, 2.24) is 4.90 Å². The highest BCUT2D eigenvalue weighted by Crippen LogP contribution is 2.32. The maximum atomic E-state index is 13.3. The summed E-state index contributed by atoms with van der Waals surface area (Å²) in [5.41, 5.74) is 1.95. The molecule has 0 aliphatic carbocycles. The third-order valence-corrected chi connectivity index (χ3v) is 10.4. The number of ether oxygens (including phenoxy) is 1. The molecular weight excluding hydrogens is 436 g/mol. The Balaban J connectivity index is 1.55. The highest BCUT2D eigenvalue weighted by molar-refractivity contribution is 7.96. The minimum atomic E-state index is -3.76. The van der Waals surface area contributed by atoms with E-state index >= 15 is 0 Å². The van der Waals surface area contributed by atoms with E-state index in [1.807, 2.05) is 36.1 Å². The summed E-state index contributed by atoms with van der Waals surface area (Å²) in [5, 5.41) is -0.946. The van der Waals surface area contributed by atoms with Gasteiger partial charge in [-0.3, -0.25) is 4.90 Å². The van der Waals surface area contributed by atoms with Crippen LogP contribution in [-0.4, -0.2) is 77.8 Å². The van der Waals surface area contributed by atoms with Crippen LogP contribution in [0, 0.1) is 6.92 Å². The average molecular weight is 465 g/mol. The van der Waals surface area contributed by atoms with Gasteiger partial charge >= 0.3 is 0 Å². The normalized spacial score (nSPS) is 24.3. The van der Waals surface area contributed by atoms with Crippen molar-refractivity contribution in [2.24, 2.45) is 0 Å². The van der Waals surface area contributed by atoms with Gasteiger partial charge < -0.3 is 9.64 Å².